The van der Waals surface area contributed by atoms with Gasteiger partial charge >= 0.3 is 5.97 Å². The third-order valence-electron chi connectivity index (χ3n) is 3.83. The first-order chi connectivity index (χ1) is 10.3. The molecule has 0 bridgehead atoms. The van der Waals surface area contributed by atoms with E-state index in [1.54, 1.807) is 11.3 Å². The molecular weight excluding hydrogens is 282 g/mol. The maximum Gasteiger partial charge on any atom is 0.338 e. The van der Waals surface area contributed by atoms with Crippen LogP contribution in [-0.2, 0) is 17.8 Å². The van der Waals surface area contributed by atoms with Crippen LogP contribution < -0.4 is 0 Å². The smallest absolute Gasteiger partial charge is 0.338 e. The Kier molecular flexibility index (Phi) is 4.36. The van der Waals surface area contributed by atoms with E-state index in [2.05, 4.69) is 21.7 Å². The van der Waals surface area contributed by atoms with Crippen molar-refractivity contribution in [1.29, 1.82) is 0 Å². The zero-order chi connectivity index (χ0) is 14.7. The number of nitrogens with zero attached hydrogens (tertiary/aromatic N) is 1. The monoisotopic (exact) mass is 301 g/mol. The molecule has 1 fully saturated rings. The van der Waals surface area contributed by atoms with Crippen LogP contribution in [0.4, 0.5) is 0 Å². The van der Waals surface area contributed by atoms with Gasteiger partial charge in [-0.3, -0.25) is 4.90 Å². The molecule has 1 aliphatic rings. The minimum Gasteiger partial charge on any atom is -0.465 e. The van der Waals surface area contributed by atoms with E-state index in [1.165, 1.54) is 25.5 Å². The minimum absolute atomic E-state index is 0.253. The van der Waals surface area contributed by atoms with E-state index in [-0.39, 0.29) is 5.97 Å². The van der Waals surface area contributed by atoms with Gasteiger partial charge in [-0.2, -0.15) is 11.3 Å². The van der Waals surface area contributed by atoms with E-state index < -0.39 is 0 Å². The van der Waals surface area contributed by atoms with Crippen LogP contribution in [0.3, 0.4) is 0 Å². The standard InChI is InChI=1S/C17H19NO2S/c1-20-17(19)16-5-3-2-4-14(16)11-18(15-6-7-15)10-13-8-9-21-12-13/h2-5,8-9,12,15H,6-7,10-11H2,1H3. The molecule has 0 unspecified atom stereocenters. The van der Waals surface area contributed by atoms with Gasteiger partial charge < -0.3 is 4.74 Å². The molecule has 3 nitrogen and oxygen atoms in total. The average Bonchev–Trinajstić information content (AvgIpc) is 3.24. The first-order valence-corrected chi connectivity index (χ1v) is 8.13. The highest BCUT2D eigenvalue weighted by Gasteiger charge is 2.29. The summed E-state index contributed by atoms with van der Waals surface area (Å²) in [6.07, 6.45) is 2.51. The molecule has 1 heterocycles. The van der Waals surface area contributed by atoms with Gasteiger partial charge in [-0.05, 0) is 46.9 Å². The van der Waals surface area contributed by atoms with Crippen molar-refractivity contribution in [3.05, 3.63) is 57.8 Å². The first-order valence-electron chi connectivity index (χ1n) is 7.19. The van der Waals surface area contributed by atoms with Crippen molar-refractivity contribution < 1.29 is 9.53 Å². The van der Waals surface area contributed by atoms with Gasteiger partial charge in [0.05, 0.1) is 12.7 Å². The molecular formula is C17H19NO2S. The van der Waals surface area contributed by atoms with Gasteiger partial charge in [-0.1, -0.05) is 18.2 Å². The predicted molar refractivity (Wildman–Crippen MR) is 84.4 cm³/mol. The highest BCUT2D eigenvalue weighted by atomic mass is 32.1. The molecule has 2 aromatic rings. The first kappa shape index (κ1) is 14.3. The number of rotatable bonds is 6. The fraction of sp³-hybridized carbons (Fsp3) is 0.353. The van der Waals surface area contributed by atoms with Crippen molar-refractivity contribution in [1.82, 2.24) is 4.90 Å². The fourth-order valence-corrected chi connectivity index (χ4v) is 3.22. The lowest BCUT2D eigenvalue weighted by Crippen LogP contribution is -2.26. The summed E-state index contributed by atoms with van der Waals surface area (Å²) in [6.45, 7) is 1.75. The maximum atomic E-state index is 11.9. The molecule has 0 atom stereocenters. The molecule has 0 N–H and O–H groups in total. The van der Waals surface area contributed by atoms with Crippen LogP contribution in [0.15, 0.2) is 41.1 Å². The Morgan fingerprint density at radius 2 is 2.10 bits per heavy atom. The lowest BCUT2D eigenvalue weighted by atomic mass is 10.1. The quantitative estimate of drug-likeness (QED) is 0.762. The second-order valence-corrected chi connectivity index (χ2v) is 6.20. The number of ether oxygens (including phenoxy) is 1. The van der Waals surface area contributed by atoms with Crippen molar-refractivity contribution in [2.75, 3.05) is 7.11 Å². The summed E-state index contributed by atoms with van der Waals surface area (Å²) in [5.74, 6) is -0.253. The zero-order valence-electron chi connectivity index (χ0n) is 12.1. The Labute approximate surface area is 129 Å². The molecule has 1 aromatic heterocycles. The van der Waals surface area contributed by atoms with Gasteiger partial charge in [-0.25, -0.2) is 4.79 Å². The Hall–Kier alpha value is -1.65. The van der Waals surface area contributed by atoms with Crippen LogP contribution in [0.2, 0.25) is 0 Å². The number of methoxy groups -OCH3 is 1. The molecule has 110 valence electrons. The minimum atomic E-state index is -0.253. The van der Waals surface area contributed by atoms with E-state index >= 15 is 0 Å². The molecule has 21 heavy (non-hydrogen) atoms. The third kappa shape index (κ3) is 3.52. The lowest BCUT2D eigenvalue weighted by Gasteiger charge is -2.22. The molecule has 0 amide bonds. The highest BCUT2D eigenvalue weighted by Crippen LogP contribution is 2.30. The summed E-state index contributed by atoms with van der Waals surface area (Å²) >= 11 is 1.73. The summed E-state index contributed by atoms with van der Waals surface area (Å²) in [5.41, 5.74) is 3.07. The van der Waals surface area contributed by atoms with Gasteiger partial charge in [0.15, 0.2) is 0 Å². The SMILES string of the molecule is COC(=O)c1ccccc1CN(Cc1ccsc1)C1CC1. The van der Waals surface area contributed by atoms with Gasteiger partial charge in [0.1, 0.15) is 0 Å². The maximum absolute atomic E-state index is 11.9. The van der Waals surface area contributed by atoms with Crippen molar-refractivity contribution in [2.45, 2.75) is 32.0 Å². The summed E-state index contributed by atoms with van der Waals surface area (Å²) in [6, 6.07) is 10.6. The van der Waals surface area contributed by atoms with Crippen molar-refractivity contribution in [3.63, 3.8) is 0 Å². The summed E-state index contributed by atoms with van der Waals surface area (Å²) < 4.78 is 4.88. The average molecular weight is 301 g/mol. The number of benzene rings is 1. The second-order valence-electron chi connectivity index (χ2n) is 5.42. The normalized spacial score (nSPS) is 14.4. The van der Waals surface area contributed by atoms with E-state index in [1.807, 2.05) is 24.3 Å². The lowest BCUT2D eigenvalue weighted by molar-refractivity contribution is 0.0598. The Balaban J connectivity index is 1.78. The molecule has 0 radical (unpaired) electrons. The van der Waals surface area contributed by atoms with Crippen LogP contribution in [0.25, 0.3) is 0 Å². The van der Waals surface area contributed by atoms with Crippen LogP contribution in [-0.4, -0.2) is 24.0 Å². The Bertz CT molecular complexity index is 605. The number of hydrogen-bond acceptors (Lipinski definition) is 4. The number of thiophene rings is 1. The molecule has 0 spiro atoms. The van der Waals surface area contributed by atoms with Crippen molar-refractivity contribution in [2.24, 2.45) is 0 Å². The molecule has 1 saturated carbocycles. The van der Waals surface area contributed by atoms with Crippen LogP contribution >= 0.6 is 11.3 Å². The largest absolute Gasteiger partial charge is 0.465 e. The number of hydrogen-bond donors (Lipinski definition) is 0. The molecule has 4 heteroatoms. The highest BCUT2D eigenvalue weighted by molar-refractivity contribution is 7.07. The van der Waals surface area contributed by atoms with E-state index in [4.69, 9.17) is 4.74 Å². The topological polar surface area (TPSA) is 29.5 Å². The third-order valence-corrected chi connectivity index (χ3v) is 4.56. The number of carbonyl (C=O) groups is 1. The predicted octanol–water partition coefficient (Wildman–Crippen LogP) is 3.70. The van der Waals surface area contributed by atoms with Crippen LogP contribution in [0, 0.1) is 0 Å². The summed E-state index contributed by atoms with van der Waals surface area (Å²) in [7, 11) is 1.43. The van der Waals surface area contributed by atoms with Gasteiger partial charge in [0.25, 0.3) is 0 Å². The van der Waals surface area contributed by atoms with E-state index in [0.717, 1.165) is 18.7 Å². The molecule has 0 aliphatic heterocycles. The number of carbonyl (C=O) groups excluding carboxylic acids is 1. The molecule has 1 aliphatic carbocycles. The summed E-state index contributed by atoms with van der Waals surface area (Å²) in [5, 5.41) is 4.31. The van der Waals surface area contributed by atoms with Crippen LogP contribution in [0.5, 0.6) is 0 Å². The van der Waals surface area contributed by atoms with Gasteiger partial charge in [0, 0.05) is 19.1 Å². The number of esters is 1. The summed E-state index contributed by atoms with van der Waals surface area (Å²) in [4.78, 5) is 14.3. The van der Waals surface area contributed by atoms with Gasteiger partial charge in [0.2, 0.25) is 0 Å². The zero-order valence-corrected chi connectivity index (χ0v) is 12.9. The second kappa shape index (κ2) is 6.41. The van der Waals surface area contributed by atoms with E-state index in [9.17, 15) is 4.79 Å². The molecule has 1 aromatic carbocycles. The molecule has 0 saturated heterocycles. The fourth-order valence-electron chi connectivity index (χ4n) is 2.56. The van der Waals surface area contributed by atoms with E-state index in [0.29, 0.717) is 11.6 Å². The van der Waals surface area contributed by atoms with Crippen molar-refractivity contribution >= 4 is 17.3 Å². The Morgan fingerprint density at radius 1 is 1.29 bits per heavy atom. The van der Waals surface area contributed by atoms with Crippen LogP contribution in [0.1, 0.15) is 34.3 Å². The van der Waals surface area contributed by atoms with Gasteiger partial charge in [-0.15, -0.1) is 0 Å². The van der Waals surface area contributed by atoms with Crippen molar-refractivity contribution in [3.8, 4) is 0 Å². The molecule has 3 rings (SSSR count). The Morgan fingerprint density at radius 3 is 2.76 bits per heavy atom.